The van der Waals surface area contributed by atoms with Crippen LogP contribution < -0.4 is 0 Å². The zero-order chi connectivity index (χ0) is 9.54. The van der Waals surface area contributed by atoms with Crippen LogP contribution in [0.1, 0.15) is 5.82 Å². The molecule has 3 nitrogen and oxygen atoms in total. The summed E-state index contributed by atoms with van der Waals surface area (Å²) in [5, 5.41) is 0. The Morgan fingerprint density at radius 1 is 1.36 bits per heavy atom. The van der Waals surface area contributed by atoms with E-state index in [-0.39, 0.29) is 0 Å². The van der Waals surface area contributed by atoms with Crippen LogP contribution in [-0.4, -0.2) is 15.8 Å². The summed E-state index contributed by atoms with van der Waals surface area (Å²) in [6.45, 7) is 0.754. The van der Waals surface area contributed by atoms with Gasteiger partial charge in [-0.05, 0) is 12.1 Å². The van der Waals surface area contributed by atoms with Crippen LogP contribution in [0.3, 0.4) is 0 Å². The van der Waals surface area contributed by atoms with Gasteiger partial charge in [0.2, 0.25) is 0 Å². The Balaban J connectivity index is 2.36. The molecule has 1 aliphatic rings. The molecule has 0 atom stereocenters. The van der Waals surface area contributed by atoms with Crippen LogP contribution in [0.2, 0.25) is 0 Å². The second-order valence-electron chi connectivity index (χ2n) is 3.31. The lowest BCUT2D eigenvalue weighted by molar-refractivity contribution is -0.103. The average Bonchev–Trinajstić information content (AvgIpc) is 2.75. The van der Waals surface area contributed by atoms with Crippen LogP contribution in [0.4, 0.5) is 0 Å². The maximum absolute atomic E-state index is 10.7. The Labute approximate surface area is 80.7 Å². The lowest BCUT2D eigenvalue weighted by atomic mass is 10.3. The molecule has 0 unspecified atom stereocenters. The number of nitrogens with zero attached hydrogens (tertiary/aromatic N) is 2. The summed E-state index contributed by atoms with van der Waals surface area (Å²) in [4.78, 5) is 15.1. The number of allylic oxidation sites excluding steroid dienone is 2. The van der Waals surface area contributed by atoms with E-state index in [1.165, 1.54) is 0 Å². The number of rotatable bonds is 1. The quantitative estimate of drug-likeness (QED) is 0.631. The van der Waals surface area contributed by atoms with Gasteiger partial charge in [-0.1, -0.05) is 18.2 Å². The highest BCUT2D eigenvalue weighted by Gasteiger charge is 2.17. The SMILES string of the molecule is O=CC1=CCn2c1nc1ccccc12. The fraction of sp³-hybridized carbons (Fsp3) is 0.0909. The van der Waals surface area contributed by atoms with Gasteiger partial charge >= 0.3 is 0 Å². The third kappa shape index (κ3) is 0.812. The molecule has 0 aliphatic carbocycles. The second-order valence-corrected chi connectivity index (χ2v) is 3.31. The highest BCUT2D eigenvalue weighted by molar-refractivity contribution is 6.07. The molecule has 0 saturated heterocycles. The Kier molecular flexibility index (Phi) is 1.36. The van der Waals surface area contributed by atoms with Gasteiger partial charge in [0.1, 0.15) is 5.82 Å². The first-order valence-electron chi connectivity index (χ1n) is 4.51. The van der Waals surface area contributed by atoms with E-state index in [1.807, 2.05) is 30.3 Å². The minimum Gasteiger partial charge on any atom is -0.320 e. The van der Waals surface area contributed by atoms with E-state index in [2.05, 4.69) is 9.55 Å². The molecular weight excluding hydrogens is 176 g/mol. The van der Waals surface area contributed by atoms with Gasteiger partial charge in [-0.3, -0.25) is 4.79 Å². The maximum atomic E-state index is 10.7. The van der Waals surface area contributed by atoms with Crippen molar-refractivity contribution in [2.24, 2.45) is 0 Å². The van der Waals surface area contributed by atoms with Crippen LogP contribution >= 0.6 is 0 Å². The summed E-state index contributed by atoms with van der Waals surface area (Å²) in [5.41, 5.74) is 2.74. The molecule has 14 heavy (non-hydrogen) atoms. The molecule has 1 aliphatic heterocycles. The van der Waals surface area contributed by atoms with Crippen molar-refractivity contribution >= 4 is 22.9 Å². The lowest BCUT2D eigenvalue weighted by Gasteiger charge is -1.96. The van der Waals surface area contributed by atoms with Gasteiger partial charge in [-0.2, -0.15) is 0 Å². The van der Waals surface area contributed by atoms with Crippen molar-refractivity contribution in [3.63, 3.8) is 0 Å². The smallest absolute Gasteiger partial charge is 0.153 e. The molecule has 0 spiro atoms. The number of imidazole rings is 1. The molecule has 2 heterocycles. The van der Waals surface area contributed by atoms with Gasteiger partial charge in [0.05, 0.1) is 16.6 Å². The van der Waals surface area contributed by atoms with E-state index in [9.17, 15) is 4.79 Å². The number of benzene rings is 1. The number of hydrogen-bond acceptors (Lipinski definition) is 2. The van der Waals surface area contributed by atoms with Crippen LogP contribution in [-0.2, 0) is 11.3 Å². The molecule has 0 bridgehead atoms. The Morgan fingerprint density at radius 3 is 3.07 bits per heavy atom. The maximum Gasteiger partial charge on any atom is 0.153 e. The lowest BCUT2D eigenvalue weighted by Crippen LogP contribution is -1.93. The summed E-state index contributed by atoms with van der Waals surface area (Å²) in [7, 11) is 0. The number of para-hydroxylation sites is 2. The summed E-state index contributed by atoms with van der Waals surface area (Å²) < 4.78 is 2.05. The van der Waals surface area contributed by atoms with E-state index in [4.69, 9.17) is 0 Å². The molecule has 2 aromatic rings. The molecule has 1 aromatic heterocycles. The molecule has 0 amide bonds. The predicted molar refractivity (Wildman–Crippen MR) is 53.8 cm³/mol. The monoisotopic (exact) mass is 184 g/mol. The Hall–Kier alpha value is -1.90. The van der Waals surface area contributed by atoms with Crippen molar-refractivity contribution in [1.82, 2.24) is 9.55 Å². The number of fused-ring (bicyclic) bond motifs is 3. The van der Waals surface area contributed by atoms with E-state index < -0.39 is 0 Å². The zero-order valence-electron chi connectivity index (χ0n) is 7.47. The molecule has 3 heteroatoms. The van der Waals surface area contributed by atoms with Gasteiger partial charge in [0.15, 0.2) is 6.29 Å². The molecule has 1 aromatic carbocycles. The topological polar surface area (TPSA) is 34.9 Å². The molecule has 68 valence electrons. The standard InChI is InChI=1S/C11H8N2O/c14-7-8-5-6-13-10-4-2-1-3-9(10)12-11(8)13/h1-5,7H,6H2. The first-order valence-corrected chi connectivity index (χ1v) is 4.51. The second kappa shape index (κ2) is 2.54. The molecule has 0 saturated carbocycles. The van der Waals surface area contributed by atoms with Crippen molar-refractivity contribution in [2.45, 2.75) is 6.54 Å². The number of aldehydes is 1. The van der Waals surface area contributed by atoms with Crippen molar-refractivity contribution in [2.75, 3.05) is 0 Å². The number of carbonyl (C=O) groups is 1. The predicted octanol–water partition coefficient (Wildman–Crippen LogP) is 1.63. The first-order chi connectivity index (χ1) is 6.90. The number of carbonyl (C=O) groups excluding carboxylic acids is 1. The summed E-state index contributed by atoms with van der Waals surface area (Å²) in [6.07, 6.45) is 2.77. The normalized spacial score (nSPS) is 14.1. The number of hydrogen-bond donors (Lipinski definition) is 0. The molecule has 0 N–H and O–H groups in total. The van der Waals surface area contributed by atoms with Crippen molar-refractivity contribution in [3.05, 3.63) is 36.2 Å². The third-order valence-corrected chi connectivity index (χ3v) is 2.53. The van der Waals surface area contributed by atoms with E-state index in [0.717, 1.165) is 29.7 Å². The minimum absolute atomic E-state index is 0.696. The minimum atomic E-state index is 0.696. The fourth-order valence-corrected chi connectivity index (χ4v) is 1.86. The van der Waals surface area contributed by atoms with Gasteiger partial charge in [0.25, 0.3) is 0 Å². The highest BCUT2D eigenvalue weighted by atomic mass is 16.1. The van der Waals surface area contributed by atoms with Crippen molar-refractivity contribution in [3.8, 4) is 0 Å². The van der Waals surface area contributed by atoms with Gasteiger partial charge in [0, 0.05) is 6.54 Å². The molecule has 0 radical (unpaired) electrons. The van der Waals surface area contributed by atoms with Crippen LogP contribution in [0.5, 0.6) is 0 Å². The van der Waals surface area contributed by atoms with Crippen molar-refractivity contribution < 1.29 is 4.79 Å². The Bertz CT molecular complexity index is 551. The largest absolute Gasteiger partial charge is 0.320 e. The van der Waals surface area contributed by atoms with Crippen LogP contribution in [0.15, 0.2) is 30.3 Å². The van der Waals surface area contributed by atoms with Gasteiger partial charge < -0.3 is 4.57 Å². The molecule has 0 fully saturated rings. The summed E-state index contributed by atoms with van der Waals surface area (Å²) in [6, 6.07) is 7.92. The fourth-order valence-electron chi connectivity index (χ4n) is 1.86. The molecular formula is C11H8N2O. The van der Waals surface area contributed by atoms with E-state index in [0.29, 0.717) is 5.57 Å². The van der Waals surface area contributed by atoms with E-state index in [1.54, 1.807) is 0 Å². The summed E-state index contributed by atoms with van der Waals surface area (Å²) in [5.74, 6) is 0.793. The highest BCUT2D eigenvalue weighted by Crippen LogP contribution is 2.25. The number of aromatic nitrogens is 2. The Morgan fingerprint density at radius 2 is 2.21 bits per heavy atom. The van der Waals surface area contributed by atoms with Crippen molar-refractivity contribution in [1.29, 1.82) is 0 Å². The third-order valence-electron chi connectivity index (χ3n) is 2.53. The van der Waals surface area contributed by atoms with Crippen LogP contribution in [0.25, 0.3) is 16.6 Å². The first kappa shape index (κ1) is 7.50. The van der Waals surface area contributed by atoms with Gasteiger partial charge in [-0.25, -0.2) is 4.98 Å². The van der Waals surface area contributed by atoms with Crippen LogP contribution in [0, 0.1) is 0 Å². The molecule has 3 rings (SSSR count). The van der Waals surface area contributed by atoms with Gasteiger partial charge in [-0.15, -0.1) is 0 Å². The zero-order valence-corrected chi connectivity index (χ0v) is 7.47. The summed E-state index contributed by atoms with van der Waals surface area (Å²) >= 11 is 0. The average molecular weight is 184 g/mol. The van der Waals surface area contributed by atoms with E-state index >= 15 is 0 Å².